The normalized spacial score (nSPS) is 20.2. The lowest BCUT2D eigenvalue weighted by atomic mass is 10.0. The van der Waals surface area contributed by atoms with Crippen LogP contribution in [0.1, 0.15) is 47.5 Å². The van der Waals surface area contributed by atoms with Crippen LogP contribution in [-0.4, -0.2) is 18.6 Å². The van der Waals surface area contributed by atoms with Crippen molar-refractivity contribution < 1.29 is 5.48 Å². The molecule has 0 spiro atoms. The van der Waals surface area contributed by atoms with Gasteiger partial charge in [-0.1, -0.05) is 34.6 Å². The molecular weight excluding hydrogens is 150 g/mol. The molecule has 0 aliphatic carbocycles. The van der Waals surface area contributed by atoms with E-state index in [2.05, 4.69) is 12.2 Å². The molecule has 1 fully saturated rings. The van der Waals surface area contributed by atoms with Crippen LogP contribution in [0.2, 0.25) is 0 Å². The van der Waals surface area contributed by atoms with Crippen LogP contribution in [0.25, 0.3) is 0 Å². The Morgan fingerprint density at radius 3 is 1.75 bits per heavy atom. The van der Waals surface area contributed by atoms with Crippen LogP contribution in [0.15, 0.2) is 0 Å². The second-order valence-electron chi connectivity index (χ2n) is 2.45. The van der Waals surface area contributed by atoms with Crippen molar-refractivity contribution in [1.29, 1.82) is 0 Å². The van der Waals surface area contributed by atoms with Crippen molar-refractivity contribution in [3.8, 4) is 0 Å². The zero-order chi connectivity index (χ0) is 9.11. The molecule has 1 unspecified atom stereocenters. The third-order valence-corrected chi connectivity index (χ3v) is 1.54. The first-order valence-electron chi connectivity index (χ1n) is 5.10. The van der Waals surface area contributed by atoms with Gasteiger partial charge in [0, 0.05) is 0 Å². The summed E-state index contributed by atoms with van der Waals surface area (Å²) in [4.78, 5) is 0. The van der Waals surface area contributed by atoms with Gasteiger partial charge >= 0.3 is 0 Å². The van der Waals surface area contributed by atoms with E-state index in [0.29, 0.717) is 0 Å². The summed E-state index contributed by atoms with van der Waals surface area (Å²) in [6.07, 6.45) is 2.80. The average molecular weight is 177 g/mol. The van der Waals surface area contributed by atoms with Crippen LogP contribution in [0.3, 0.4) is 0 Å². The summed E-state index contributed by atoms with van der Waals surface area (Å²) in [5.74, 6) is 0.925. The van der Waals surface area contributed by atoms with Crippen LogP contribution in [-0.2, 0) is 0 Å². The quantitative estimate of drug-likeness (QED) is 0.606. The number of hydrogen-bond acceptors (Lipinski definition) is 1. The Bertz CT molecular complexity index is 51.8. The fourth-order valence-corrected chi connectivity index (χ4v) is 1.03. The van der Waals surface area contributed by atoms with Gasteiger partial charge in [-0.15, -0.1) is 0 Å². The van der Waals surface area contributed by atoms with Gasteiger partial charge in [0.2, 0.25) is 0 Å². The first-order chi connectivity index (χ1) is 5.39. The van der Waals surface area contributed by atoms with Crippen molar-refractivity contribution in [3.05, 3.63) is 0 Å². The van der Waals surface area contributed by atoms with Crippen LogP contribution in [0, 0.1) is 5.92 Å². The molecule has 1 atom stereocenters. The van der Waals surface area contributed by atoms with Gasteiger partial charge in [-0.25, -0.2) is 0 Å². The molecule has 2 nitrogen and oxygen atoms in total. The predicted octanol–water partition coefficient (Wildman–Crippen LogP) is 2.23. The van der Waals surface area contributed by atoms with E-state index in [4.69, 9.17) is 0 Å². The summed E-state index contributed by atoms with van der Waals surface area (Å²) < 4.78 is 0. The van der Waals surface area contributed by atoms with Crippen molar-refractivity contribution in [2.45, 2.75) is 47.5 Å². The largest absolute Gasteiger partial charge is 0.412 e. The molecule has 1 saturated heterocycles. The minimum atomic E-state index is 0. The van der Waals surface area contributed by atoms with Gasteiger partial charge in [0.1, 0.15) is 0 Å². The van der Waals surface area contributed by atoms with E-state index in [-0.39, 0.29) is 5.48 Å². The highest BCUT2D eigenvalue weighted by Crippen LogP contribution is 2.06. The zero-order valence-corrected chi connectivity index (χ0v) is 9.41. The highest BCUT2D eigenvalue weighted by molar-refractivity contribution is 4.63. The predicted molar refractivity (Wildman–Crippen MR) is 57.6 cm³/mol. The second kappa shape index (κ2) is 17.1. The average Bonchev–Trinajstić information content (AvgIpc) is 2.13. The molecule has 0 amide bonds. The van der Waals surface area contributed by atoms with Crippen LogP contribution in [0.4, 0.5) is 0 Å². The smallest absolute Gasteiger partial charge is 0.00231 e. The summed E-state index contributed by atoms with van der Waals surface area (Å²) in [5, 5.41) is 3.33. The topological polar surface area (TPSA) is 43.5 Å². The van der Waals surface area contributed by atoms with E-state index < -0.39 is 0 Å². The second-order valence-corrected chi connectivity index (χ2v) is 2.45. The number of nitrogens with one attached hydrogen (secondary N) is 1. The Balaban J connectivity index is -0.000000144. The fraction of sp³-hybridized carbons (Fsp3) is 1.00. The lowest BCUT2D eigenvalue weighted by molar-refractivity contribution is 0.405. The maximum absolute atomic E-state index is 3.33. The van der Waals surface area contributed by atoms with Gasteiger partial charge in [0.25, 0.3) is 0 Å². The SMILES string of the molecule is CC.CC.CC1CCCNC1.O. The van der Waals surface area contributed by atoms with Crippen LogP contribution >= 0.6 is 0 Å². The summed E-state index contributed by atoms with van der Waals surface area (Å²) in [6, 6.07) is 0. The first-order valence-corrected chi connectivity index (χ1v) is 5.10. The van der Waals surface area contributed by atoms with Gasteiger partial charge in [-0.3, -0.25) is 0 Å². The minimum Gasteiger partial charge on any atom is -0.412 e. The molecule has 0 aromatic heterocycles. The zero-order valence-electron chi connectivity index (χ0n) is 9.41. The Kier molecular flexibility index (Phi) is 25.5. The minimum absolute atomic E-state index is 0. The Labute approximate surface area is 78.1 Å². The first kappa shape index (κ1) is 17.9. The Morgan fingerprint density at radius 1 is 1.08 bits per heavy atom. The maximum Gasteiger partial charge on any atom is -0.00231 e. The molecule has 2 heteroatoms. The Morgan fingerprint density at radius 2 is 1.58 bits per heavy atom. The molecule has 78 valence electrons. The van der Waals surface area contributed by atoms with Gasteiger partial charge in [0.15, 0.2) is 0 Å². The van der Waals surface area contributed by atoms with E-state index in [1.807, 2.05) is 27.7 Å². The standard InChI is InChI=1S/C6H13N.2C2H6.H2O/c1-6-3-2-4-7-5-6;2*1-2;/h6-7H,2-5H2,1H3;2*1-2H3;1H2. The highest BCUT2D eigenvalue weighted by Gasteiger charge is 2.04. The lowest BCUT2D eigenvalue weighted by Gasteiger charge is -2.17. The van der Waals surface area contributed by atoms with Gasteiger partial charge < -0.3 is 10.8 Å². The van der Waals surface area contributed by atoms with E-state index in [0.717, 1.165) is 5.92 Å². The van der Waals surface area contributed by atoms with Gasteiger partial charge in [-0.2, -0.15) is 0 Å². The Hall–Kier alpha value is -0.0800. The molecule has 0 aromatic rings. The molecule has 1 rings (SSSR count). The fourth-order valence-electron chi connectivity index (χ4n) is 1.03. The van der Waals surface area contributed by atoms with Crippen LogP contribution < -0.4 is 5.32 Å². The van der Waals surface area contributed by atoms with E-state index in [1.165, 1.54) is 25.9 Å². The number of piperidine rings is 1. The molecule has 0 bridgehead atoms. The van der Waals surface area contributed by atoms with Crippen LogP contribution in [0.5, 0.6) is 0 Å². The molecule has 1 aliphatic rings. The third kappa shape index (κ3) is 12.6. The molecule has 3 N–H and O–H groups in total. The van der Waals surface area contributed by atoms with Crippen molar-refractivity contribution in [2.75, 3.05) is 13.1 Å². The molecule has 0 saturated carbocycles. The van der Waals surface area contributed by atoms with Crippen molar-refractivity contribution >= 4 is 0 Å². The van der Waals surface area contributed by atoms with E-state index in [1.54, 1.807) is 0 Å². The monoisotopic (exact) mass is 177 g/mol. The lowest BCUT2D eigenvalue weighted by Crippen LogP contribution is -2.27. The highest BCUT2D eigenvalue weighted by atomic mass is 16.0. The van der Waals surface area contributed by atoms with E-state index >= 15 is 0 Å². The van der Waals surface area contributed by atoms with E-state index in [9.17, 15) is 0 Å². The molecule has 0 aromatic carbocycles. The maximum atomic E-state index is 3.33. The molecule has 12 heavy (non-hydrogen) atoms. The molecular formula is C10H27NO. The molecule has 1 heterocycles. The van der Waals surface area contributed by atoms with Gasteiger partial charge in [-0.05, 0) is 31.8 Å². The summed E-state index contributed by atoms with van der Waals surface area (Å²) in [6.45, 7) is 12.8. The number of rotatable bonds is 0. The summed E-state index contributed by atoms with van der Waals surface area (Å²) >= 11 is 0. The summed E-state index contributed by atoms with van der Waals surface area (Å²) in [7, 11) is 0. The number of hydrogen-bond donors (Lipinski definition) is 1. The summed E-state index contributed by atoms with van der Waals surface area (Å²) in [5.41, 5.74) is 0. The van der Waals surface area contributed by atoms with Crippen molar-refractivity contribution in [2.24, 2.45) is 5.92 Å². The molecule has 0 radical (unpaired) electrons. The van der Waals surface area contributed by atoms with Crippen molar-refractivity contribution in [1.82, 2.24) is 5.32 Å². The molecule has 1 aliphatic heterocycles. The third-order valence-electron chi connectivity index (χ3n) is 1.54. The van der Waals surface area contributed by atoms with Crippen molar-refractivity contribution in [3.63, 3.8) is 0 Å². The van der Waals surface area contributed by atoms with Gasteiger partial charge in [0.05, 0.1) is 0 Å².